The average Bonchev–Trinajstić information content (AvgIpc) is 2.66. The van der Waals surface area contributed by atoms with E-state index in [1.165, 1.54) is 4.88 Å². The van der Waals surface area contributed by atoms with Gasteiger partial charge in [0.15, 0.2) is 0 Å². The summed E-state index contributed by atoms with van der Waals surface area (Å²) >= 11 is 1.65. The molecule has 0 saturated carbocycles. The molecule has 1 aromatic heterocycles. The summed E-state index contributed by atoms with van der Waals surface area (Å²) < 4.78 is 0. The Morgan fingerprint density at radius 3 is 2.69 bits per heavy atom. The van der Waals surface area contributed by atoms with E-state index >= 15 is 0 Å². The quantitative estimate of drug-likeness (QED) is 0.857. The maximum Gasteiger partial charge on any atom is 0.123 e. The molecule has 1 heterocycles. The molecule has 0 spiro atoms. The molecule has 4 heteroatoms. The van der Waals surface area contributed by atoms with Crippen LogP contribution >= 0.6 is 11.3 Å². The van der Waals surface area contributed by atoms with Gasteiger partial charge in [-0.2, -0.15) is 0 Å². The van der Waals surface area contributed by atoms with Gasteiger partial charge in [0.25, 0.3) is 0 Å². The van der Waals surface area contributed by atoms with Crippen LogP contribution in [-0.2, 0) is 6.42 Å². The van der Waals surface area contributed by atoms with Gasteiger partial charge in [0.2, 0.25) is 0 Å². The summed E-state index contributed by atoms with van der Waals surface area (Å²) in [5.41, 5.74) is 6.76. The van der Waals surface area contributed by atoms with Crippen molar-refractivity contribution in [3.05, 3.63) is 35.3 Å². The third kappa shape index (κ3) is 2.59. The van der Waals surface area contributed by atoms with Gasteiger partial charge in [0, 0.05) is 22.7 Å². The fourth-order valence-electron chi connectivity index (χ4n) is 1.46. The lowest BCUT2D eigenvalue weighted by Crippen LogP contribution is -2.16. The Balaban J connectivity index is 2.21. The van der Waals surface area contributed by atoms with Crippen molar-refractivity contribution in [2.24, 2.45) is 5.73 Å². The molecule has 1 aromatic carbocycles. The molecule has 0 bridgehead atoms. The second-order valence-electron chi connectivity index (χ2n) is 3.86. The number of aromatic hydroxyl groups is 1. The van der Waals surface area contributed by atoms with E-state index in [-0.39, 0.29) is 11.8 Å². The molecule has 0 amide bonds. The van der Waals surface area contributed by atoms with Crippen LogP contribution < -0.4 is 5.73 Å². The maximum absolute atomic E-state index is 9.19. The number of nitrogens with zero attached hydrogens (tertiary/aromatic N) is 1. The van der Waals surface area contributed by atoms with Crippen molar-refractivity contribution in [2.45, 2.75) is 19.4 Å². The first-order chi connectivity index (χ1) is 7.65. The zero-order valence-corrected chi connectivity index (χ0v) is 9.87. The molecule has 2 rings (SSSR count). The van der Waals surface area contributed by atoms with Crippen LogP contribution in [0, 0.1) is 0 Å². The Morgan fingerprint density at radius 1 is 1.38 bits per heavy atom. The molecule has 0 aliphatic carbocycles. The predicted octanol–water partition coefficient (Wildman–Crippen LogP) is 2.41. The fraction of sp³-hybridized carbons (Fsp3) is 0.250. The minimum Gasteiger partial charge on any atom is -0.508 e. The monoisotopic (exact) mass is 234 g/mol. The lowest BCUT2D eigenvalue weighted by molar-refractivity contribution is 0.475. The summed E-state index contributed by atoms with van der Waals surface area (Å²) in [6, 6.07) is 7.23. The molecule has 0 radical (unpaired) electrons. The third-order valence-electron chi connectivity index (χ3n) is 2.19. The molecule has 1 unspecified atom stereocenters. The fourth-order valence-corrected chi connectivity index (χ4v) is 2.52. The summed E-state index contributed by atoms with van der Waals surface area (Å²) in [6.45, 7) is 1.99. The Hall–Kier alpha value is -1.39. The van der Waals surface area contributed by atoms with E-state index in [2.05, 4.69) is 4.98 Å². The van der Waals surface area contributed by atoms with Gasteiger partial charge in [0.1, 0.15) is 10.8 Å². The molecule has 16 heavy (non-hydrogen) atoms. The largest absolute Gasteiger partial charge is 0.508 e. The third-order valence-corrected chi connectivity index (χ3v) is 3.26. The number of benzene rings is 1. The summed E-state index contributed by atoms with van der Waals surface area (Å²) in [5.74, 6) is 0.274. The van der Waals surface area contributed by atoms with Crippen molar-refractivity contribution >= 4 is 11.3 Å². The van der Waals surface area contributed by atoms with Gasteiger partial charge < -0.3 is 10.8 Å². The van der Waals surface area contributed by atoms with E-state index in [9.17, 15) is 5.11 Å². The molecule has 0 aliphatic rings. The molecule has 3 nitrogen and oxygen atoms in total. The molecule has 0 aliphatic heterocycles. The lowest BCUT2D eigenvalue weighted by Gasteiger charge is -1.99. The average molecular weight is 234 g/mol. The van der Waals surface area contributed by atoms with Gasteiger partial charge >= 0.3 is 0 Å². The van der Waals surface area contributed by atoms with E-state index in [1.54, 1.807) is 23.5 Å². The van der Waals surface area contributed by atoms with Gasteiger partial charge in [-0.25, -0.2) is 4.98 Å². The molecule has 1 atom stereocenters. The van der Waals surface area contributed by atoms with Crippen molar-refractivity contribution in [3.63, 3.8) is 0 Å². The van der Waals surface area contributed by atoms with Gasteiger partial charge in [-0.3, -0.25) is 0 Å². The topological polar surface area (TPSA) is 59.1 Å². The zero-order valence-electron chi connectivity index (χ0n) is 9.05. The Labute approximate surface area is 98.6 Å². The number of nitrogens with two attached hydrogens (primary N) is 1. The second kappa shape index (κ2) is 4.63. The number of phenolic OH excluding ortho intramolecular Hbond substituents is 1. The Kier molecular flexibility index (Phi) is 3.22. The highest BCUT2D eigenvalue weighted by atomic mass is 32.1. The smallest absolute Gasteiger partial charge is 0.123 e. The van der Waals surface area contributed by atoms with Crippen LogP contribution in [0.15, 0.2) is 30.5 Å². The van der Waals surface area contributed by atoms with Crippen LogP contribution in [0.1, 0.15) is 11.8 Å². The van der Waals surface area contributed by atoms with Crippen LogP contribution in [-0.4, -0.2) is 16.1 Å². The normalized spacial score (nSPS) is 12.6. The maximum atomic E-state index is 9.19. The van der Waals surface area contributed by atoms with E-state index in [1.807, 2.05) is 25.3 Å². The first-order valence-corrected chi connectivity index (χ1v) is 5.96. The van der Waals surface area contributed by atoms with Gasteiger partial charge in [0.05, 0.1) is 0 Å². The Morgan fingerprint density at radius 2 is 2.06 bits per heavy atom. The van der Waals surface area contributed by atoms with E-state index in [0.717, 1.165) is 17.0 Å². The van der Waals surface area contributed by atoms with Crippen molar-refractivity contribution in [3.8, 4) is 16.3 Å². The van der Waals surface area contributed by atoms with Crippen molar-refractivity contribution in [1.82, 2.24) is 4.98 Å². The van der Waals surface area contributed by atoms with Gasteiger partial charge in [-0.1, -0.05) is 0 Å². The zero-order chi connectivity index (χ0) is 11.5. The molecular formula is C12H14N2OS. The molecule has 0 fully saturated rings. The lowest BCUT2D eigenvalue weighted by atomic mass is 10.2. The minimum atomic E-state index is 0.160. The number of phenols is 1. The molecular weight excluding hydrogens is 220 g/mol. The number of rotatable bonds is 3. The van der Waals surface area contributed by atoms with Crippen molar-refractivity contribution in [2.75, 3.05) is 0 Å². The van der Waals surface area contributed by atoms with Crippen LogP contribution in [0.3, 0.4) is 0 Å². The van der Waals surface area contributed by atoms with E-state index in [0.29, 0.717) is 0 Å². The standard InChI is InChI=1S/C12H14N2OS/c1-8(13)6-11-7-14-12(16-11)9-2-4-10(15)5-3-9/h2-5,7-8,15H,6,13H2,1H3. The number of hydrogen-bond donors (Lipinski definition) is 2. The highest BCUT2D eigenvalue weighted by Crippen LogP contribution is 2.26. The Bertz CT molecular complexity index is 462. The summed E-state index contributed by atoms with van der Waals surface area (Å²) in [5, 5.41) is 10.2. The minimum absolute atomic E-state index is 0.160. The number of thiazole rings is 1. The van der Waals surface area contributed by atoms with Crippen LogP contribution in [0.5, 0.6) is 5.75 Å². The van der Waals surface area contributed by atoms with Crippen molar-refractivity contribution in [1.29, 1.82) is 0 Å². The van der Waals surface area contributed by atoms with Crippen LogP contribution in [0.25, 0.3) is 10.6 Å². The van der Waals surface area contributed by atoms with E-state index in [4.69, 9.17) is 5.73 Å². The molecule has 3 N–H and O–H groups in total. The molecule has 84 valence electrons. The summed E-state index contributed by atoms with van der Waals surface area (Å²) in [4.78, 5) is 5.54. The van der Waals surface area contributed by atoms with Gasteiger partial charge in [-0.05, 0) is 37.6 Å². The SMILES string of the molecule is CC(N)Cc1cnc(-c2ccc(O)cc2)s1. The second-order valence-corrected chi connectivity index (χ2v) is 4.98. The summed E-state index contributed by atoms with van der Waals surface area (Å²) in [6.07, 6.45) is 2.73. The highest BCUT2D eigenvalue weighted by Gasteiger charge is 2.06. The predicted molar refractivity (Wildman–Crippen MR) is 66.6 cm³/mol. The molecule has 2 aromatic rings. The first kappa shape index (κ1) is 11.1. The van der Waals surface area contributed by atoms with Crippen LogP contribution in [0.2, 0.25) is 0 Å². The highest BCUT2D eigenvalue weighted by molar-refractivity contribution is 7.15. The number of hydrogen-bond acceptors (Lipinski definition) is 4. The number of aromatic nitrogens is 1. The van der Waals surface area contributed by atoms with Crippen LogP contribution in [0.4, 0.5) is 0 Å². The van der Waals surface area contributed by atoms with E-state index < -0.39 is 0 Å². The van der Waals surface area contributed by atoms with Gasteiger partial charge in [-0.15, -0.1) is 11.3 Å². The summed E-state index contributed by atoms with van der Waals surface area (Å²) in [7, 11) is 0. The van der Waals surface area contributed by atoms with Crippen molar-refractivity contribution < 1.29 is 5.11 Å². The molecule has 0 saturated heterocycles. The first-order valence-electron chi connectivity index (χ1n) is 5.15.